The predicted octanol–water partition coefficient (Wildman–Crippen LogP) is 2.23. The lowest BCUT2D eigenvalue weighted by Gasteiger charge is -1.95. The highest BCUT2D eigenvalue weighted by Crippen LogP contribution is 2.32. The van der Waals surface area contributed by atoms with Gasteiger partial charge in [-0.2, -0.15) is 9.64 Å². The molecule has 0 aromatic carbocycles. The van der Waals surface area contributed by atoms with E-state index < -0.39 is 0 Å². The van der Waals surface area contributed by atoms with Gasteiger partial charge in [-0.1, -0.05) is 0 Å². The first-order valence-corrected chi connectivity index (χ1v) is 6.65. The molecular weight excluding hydrogens is 238 g/mol. The van der Waals surface area contributed by atoms with Crippen molar-refractivity contribution in [3.63, 3.8) is 0 Å². The van der Waals surface area contributed by atoms with Crippen molar-refractivity contribution in [3.05, 3.63) is 30.1 Å². The molecule has 0 saturated heterocycles. The third-order valence-corrected chi connectivity index (χ3v) is 3.86. The first-order chi connectivity index (χ1) is 7.76. The average Bonchev–Trinajstić information content (AvgIpc) is 2.71. The molecule has 2 aromatic heterocycles. The summed E-state index contributed by atoms with van der Waals surface area (Å²) in [5.41, 5.74) is 1.73. The van der Waals surface area contributed by atoms with E-state index in [0.29, 0.717) is 5.56 Å². The van der Waals surface area contributed by atoms with E-state index in [0.717, 1.165) is 15.5 Å². The topological polar surface area (TPSA) is 40.6 Å². The number of hydrogen-bond acceptors (Lipinski definition) is 4. The molecule has 16 heavy (non-hydrogen) atoms. The standard InChI is InChI=1S/C11H10N3S2/c1-14-5-3-4-8(7-14)10-9(6-12)11(15-2)13-16-10/h3-5,7H,1-2H3/q+1. The van der Waals surface area contributed by atoms with Crippen molar-refractivity contribution >= 4 is 23.3 Å². The Morgan fingerprint density at radius 2 is 2.38 bits per heavy atom. The van der Waals surface area contributed by atoms with Gasteiger partial charge in [0.1, 0.15) is 23.7 Å². The normalized spacial score (nSPS) is 10.1. The van der Waals surface area contributed by atoms with E-state index in [9.17, 15) is 0 Å². The van der Waals surface area contributed by atoms with Crippen LogP contribution in [0.1, 0.15) is 5.56 Å². The number of nitriles is 1. The molecule has 0 amide bonds. The molecule has 0 spiro atoms. The third-order valence-electron chi connectivity index (χ3n) is 2.17. The van der Waals surface area contributed by atoms with Gasteiger partial charge in [-0.05, 0) is 23.9 Å². The molecule has 0 unspecified atom stereocenters. The lowest BCUT2D eigenvalue weighted by Crippen LogP contribution is -2.26. The van der Waals surface area contributed by atoms with Crippen molar-refractivity contribution in [1.82, 2.24) is 4.37 Å². The fraction of sp³-hybridized carbons (Fsp3) is 0.182. The molecule has 2 rings (SSSR count). The molecule has 2 heterocycles. The molecule has 0 N–H and O–H groups in total. The van der Waals surface area contributed by atoms with E-state index in [2.05, 4.69) is 10.4 Å². The Bertz CT molecular complexity index is 555. The molecular formula is C11H10N3S2+. The third kappa shape index (κ3) is 1.94. The van der Waals surface area contributed by atoms with Gasteiger partial charge in [0.05, 0.1) is 10.4 Å². The van der Waals surface area contributed by atoms with Crippen LogP contribution in [0.3, 0.4) is 0 Å². The molecule has 0 fully saturated rings. The van der Waals surface area contributed by atoms with Crippen LogP contribution in [-0.4, -0.2) is 10.6 Å². The maximum absolute atomic E-state index is 9.15. The molecule has 0 bridgehead atoms. The van der Waals surface area contributed by atoms with Crippen LogP contribution in [0.5, 0.6) is 0 Å². The fourth-order valence-electron chi connectivity index (χ4n) is 1.43. The summed E-state index contributed by atoms with van der Waals surface area (Å²) in [6, 6.07) is 6.20. The Kier molecular flexibility index (Phi) is 3.22. The van der Waals surface area contributed by atoms with Crippen LogP contribution in [-0.2, 0) is 7.05 Å². The van der Waals surface area contributed by atoms with Crippen molar-refractivity contribution in [2.24, 2.45) is 7.05 Å². The van der Waals surface area contributed by atoms with Crippen molar-refractivity contribution in [3.8, 4) is 16.5 Å². The predicted molar refractivity (Wildman–Crippen MR) is 65.2 cm³/mol. The largest absolute Gasteiger partial charge is 0.207 e. The Balaban J connectivity index is 2.57. The summed E-state index contributed by atoms with van der Waals surface area (Å²) in [6.45, 7) is 0. The summed E-state index contributed by atoms with van der Waals surface area (Å²) >= 11 is 2.89. The highest BCUT2D eigenvalue weighted by atomic mass is 32.2. The van der Waals surface area contributed by atoms with Crippen LogP contribution < -0.4 is 4.57 Å². The smallest absolute Gasteiger partial charge is 0.177 e. The highest BCUT2D eigenvalue weighted by molar-refractivity contribution is 7.98. The van der Waals surface area contributed by atoms with Gasteiger partial charge in [0.25, 0.3) is 0 Å². The van der Waals surface area contributed by atoms with Gasteiger partial charge < -0.3 is 0 Å². The minimum absolute atomic E-state index is 0.684. The number of thioether (sulfide) groups is 1. The summed E-state index contributed by atoms with van der Waals surface area (Å²) in [6.07, 6.45) is 5.90. The van der Waals surface area contributed by atoms with Crippen LogP contribution in [0, 0.1) is 11.3 Å². The SMILES string of the molecule is CSc1nsc(-c2ccc[n+](C)c2)c1C#N. The first-order valence-electron chi connectivity index (χ1n) is 4.65. The second-order valence-electron chi connectivity index (χ2n) is 3.27. The molecule has 0 aliphatic rings. The number of aromatic nitrogens is 2. The van der Waals surface area contributed by atoms with Crippen LogP contribution >= 0.6 is 23.3 Å². The van der Waals surface area contributed by atoms with Gasteiger partial charge in [0, 0.05) is 6.07 Å². The number of aryl methyl sites for hydroxylation is 1. The van der Waals surface area contributed by atoms with Gasteiger partial charge in [-0.15, -0.1) is 11.8 Å². The highest BCUT2D eigenvalue weighted by Gasteiger charge is 2.15. The lowest BCUT2D eigenvalue weighted by molar-refractivity contribution is -0.671. The first kappa shape index (κ1) is 11.1. The Morgan fingerprint density at radius 3 is 3.00 bits per heavy atom. The van der Waals surface area contributed by atoms with Gasteiger partial charge in [-0.3, -0.25) is 0 Å². The summed E-state index contributed by atoms with van der Waals surface area (Å²) < 4.78 is 6.25. The van der Waals surface area contributed by atoms with Crippen LogP contribution in [0.4, 0.5) is 0 Å². The number of rotatable bonds is 2. The van der Waals surface area contributed by atoms with Crippen LogP contribution in [0.2, 0.25) is 0 Å². The second kappa shape index (κ2) is 4.64. The van der Waals surface area contributed by atoms with Crippen LogP contribution in [0.25, 0.3) is 10.4 Å². The minimum Gasteiger partial charge on any atom is -0.207 e. The molecule has 0 aliphatic carbocycles. The average molecular weight is 248 g/mol. The summed E-state index contributed by atoms with van der Waals surface area (Å²) in [5.74, 6) is 0. The molecule has 3 nitrogen and oxygen atoms in total. The number of nitrogens with zero attached hydrogens (tertiary/aromatic N) is 3. The van der Waals surface area contributed by atoms with Crippen LogP contribution in [0.15, 0.2) is 29.6 Å². The van der Waals surface area contributed by atoms with E-state index in [4.69, 9.17) is 5.26 Å². The van der Waals surface area contributed by atoms with Crippen molar-refractivity contribution in [2.45, 2.75) is 5.03 Å². The summed E-state index contributed by atoms with van der Waals surface area (Å²) in [7, 11) is 1.96. The zero-order chi connectivity index (χ0) is 11.5. The van der Waals surface area contributed by atoms with Crippen molar-refractivity contribution in [1.29, 1.82) is 5.26 Å². The Hall–Kier alpha value is -1.38. The molecule has 0 aliphatic heterocycles. The number of pyridine rings is 1. The molecule has 2 aromatic rings. The van der Waals surface area contributed by atoms with Gasteiger partial charge in [0.2, 0.25) is 0 Å². The lowest BCUT2D eigenvalue weighted by atomic mass is 10.2. The Morgan fingerprint density at radius 1 is 1.56 bits per heavy atom. The fourth-order valence-corrected chi connectivity index (χ4v) is 2.98. The second-order valence-corrected chi connectivity index (χ2v) is 4.83. The summed E-state index contributed by atoms with van der Waals surface area (Å²) in [5, 5.41) is 9.96. The quantitative estimate of drug-likeness (QED) is 0.604. The molecule has 0 atom stereocenters. The van der Waals surface area contributed by atoms with E-state index >= 15 is 0 Å². The molecule has 5 heteroatoms. The molecule has 80 valence electrons. The van der Waals surface area contributed by atoms with E-state index in [1.54, 1.807) is 0 Å². The number of hydrogen-bond donors (Lipinski definition) is 0. The van der Waals surface area contributed by atoms with E-state index in [1.165, 1.54) is 23.3 Å². The van der Waals surface area contributed by atoms with Crippen molar-refractivity contribution < 1.29 is 4.57 Å². The zero-order valence-electron chi connectivity index (χ0n) is 8.97. The maximum atomic E-state index is 9.15. The zero-order valence-corrected chi connectivity index (χ0v) is 10.6. The minimum atomic E-state index is 0.684. The maximum Gasteiger partial charge on any atom is 0.177 e. The van der Waals surface area contributed by atoms with Gasteiger partial charge in [0.15, 0.2) is 12.4 Å². The van der Waals surface area contributed by atoms with Gasteiger partial charge in [-0.25, -0.2) is 4.57 Å². The van der Waals surface area contributed by atoms with Gasteiger partial charge >= 0.3 is 0 Å². The molecule has 0 radical (unpaired) electrons. The summed E-state index contributed by atoms with van der Waals surface area (Å²) in [4.78, 5) is 0.947. The van der Waals surface area contributed by atoms with E-state index in [1.807, 2.05) is 42.4 Å². The monoisotopic (exact) mass is 248 g/mol. The molecule has 0 saturated carbocycles. The van der Waals surface area contributed by atoms with E-state index in [-0.39, 0.29) is 0 Å². The Labute approximate surface area is 103 Å². The van der Waals surface area contributed by atoms with Crippen molar-refractivity contribution in [2.75, 3.05) is 6.26 Å².